The summed E-state index contributed by atoms with van der Waals surface area (Å²) < 4.78 is 40.1. The van der Waals surface area contributed by atoms with Gasteiger partial charge < -0.3 is 9.64 Å². The maximum absolute atomic E-state index is 12.3. The fourth-order valence-electron chi connectivity index (χ4n) is 2.05. The highest BCUT2D eigenvalue weighted by atomic mass is 19.4. The molecule has 0 fully saturated rings. The predicted molar refractivity (Wildman–Crippen MR) is 80.1 cm³/mol. The van der Waals surface area contributed by atoms with Crippen molar-refractivity contribution in [3.05, 3.63) is 65.2 Å². The molecule has 2 rings (SSSR count). The zero-order valence-corrected chi connectivity index (χ0v) is 12.7. The number of benzene rings is 2. The Kier molecular flexibility index (Phi) is 5.09. The number of carbonyl (C=O) groups is 1. The lowest BCUT2D eigenvalue weighted by Gasteiger charge is -2.17. The monoisotopic (exact) mass is 334 g/mol. The van der Waals surface area contributed by atoms with E-state index in [0.29, 0.717) is 12.1 Å². The molecule has 0 aliphatic carbocycles. The molecular formula is C17H13F3N2O2. The summed E-state index contributed by atoms with van der Waals surface area (Å²) in [5.41, 5.74) is 1.61. The first-order valence-electron chi connectivity index (χ1n) is 6.89. The van der Waals surface area contributed by atoms with Crippen LogP contribution in [0.15, 0.2) is 48.5 Å². The summed E-state index contributed by atoms with van der Waals surface area (Å²) in [6, 6.07) is 13.5. The van der Waals surface area contributed by atoms with Crippen molar-refractivity contribution in [2.75, 3.05) is 7.05 Å². The van der Waals surface area contributed by atoms with Gasteiger partial charge in [0.05, 0.1) is 11.6 Å². The fraction of sp³-hybridized carbons (Fsp3) is 0.176. The number of carbonyl (C=O) groups excluding carboxylic acids is 1. The molecule has 2 aromatic rings. The highest BCUT2D eigenvalue weighted by molar-refractivity contribution is 5.94. The highest BCUT2D eigenvalue weighted by Gasteiger charge is 2.31. The molecule has 7 heteroatoms. The van der Waals surface area contributed by atoms with Crippen molar-refractivity contribution >= 4 is 5.91 Å². The Hall–Kier alpha value is -3.01. The Morgan fingerprint density at radius 1 is 1.12 bits per heavy atom. The smallest absolute Gasteiger partial charge is 0.406 e. The van der Waals surface area contributed by atoms with E-state index in [2.05, 4.69) is 4.74 Å². The van der Waals surface area contributed by atoms with Crippen molar-refractivity contribution in [3.63, 3.8) is 0 Å². The lowest BCUT2D eigenvalue weighted by Crippen LogP contribution is -2.26. The Balaban J connectivity index is 2.03. The minimum Gasteiger partial charge on any atom is -0.406 e. The molecule has 0 heterocycles. The lowest BCUT2D eigenvalue weighted by atomic mass is 10.1. The van der Waals surface area contributed by atoms with Crippen molar-refractivity contribution in [2.24, 2.45) is 0 Å². The molecule has 0 aromatic heterocycles. The molecule has 0 saturated heterocycles. The van der Waals surface area contributed by atoms with Gasteiger partial charge in [-0.3, -0.25) is 4.79 Å². The van der Waals surface area contributed by atoms with Gasteiger partial charge in [-0.2, -0.15) is 5.26 Å². The van der Waals surface area contributed by atoms with E-state index in [0.717, 1.165) is 17.7 Å². The molecule has 0 saturated carbocycles. The minimum atomic E-state index is -4.77. The van der Waals surface area contributed by atoms with Crippen molar-refractivity contribution in [3.8, 4) is 11.8 Å². The molecule has 4 nitrogen and oxygen atoms in total. The highest BCUT2D eigenvalue weighted by Crippen LogP contribution is 2.23. The quantitative estimate of drug-likeness (QED) is 0.856. The van der Waals surface area contributed by atoms with Gasteiger partial charge >= 0.3 is 6.36 Å². The predicted octanol–water partition coefficient (Wildman–Crippen LogP) is 3.73. The average Bonchev–Trinajstić information content (AvgIpc) is 2.54. The van der Waals surface area contributed by atoms with E-state index in [1.807, 2.05) is 6.07 Å². The topological polar surface area (TPSA) is 53.3 Å². The number of ether oxygens (including phenoxy) is 1. The first-order valence-corrected chi connectivity index (χ1v) is 6.89. The van der Waals surface area contributed by atoms with E-state index in [1.54, 1.807) is 31.3 Å². The third-order valence-electron chi connectivity index (χ3n) is 3.18. The summed E-state index contributed by atoms with van der Waals surface area (Å²) in [7, 11) is 1.58. The van der Waals surface area contributed by atoms with Crippen LogP contribution >= 0.6 is 0 Å². The van der Waals surface area contributed by atoms with E-state index in [9.17, 15) is 18.0 Å². The Labute approximate surface area is 136 Å². The molecule has 1 amide bonds. The first-order chi connectivity index (χ1) is 11.3. The second kappa shape index (κ2) is 7.04. The normalized spacial score (nSPS) is 10.8. The zero-order chi connectivity index (χ0) is 17.7. The van der Waals surface area contributed by atoms with Gasteiger partial charge in [0, 0.05) is 19.2 Å². The summed E-state index contributed by atoms with van der Waals surface area (Å²) in [6.07, 6.45) is -4.77. The van der Waals surface area contributed by atoms with Crippen LogP contribution in [0.3, 0.4) is 0 Å². The number of nitrogens with zero attached hydrogens (tertiary/aromatic N) is 2. The van der Waals surface area contributed by atoms with Crippen LogP contribution < -0.4 is 4.74 Å². The molecule has 0 unspecified atom stereocenters. The standard InChI is InChI=1S/C17H13F3N2O2/c1-22(11-13-4-2-12(10-21)3-5-13)16(23)14-6-8-15(9-7-14)24-17(18,19)20/h2-9H,11H2,1H3. The molecule has 0 aliphatic rings. The molecule has 0 radical (unpaired) electrons. The fourth-order valence-corrected chi connectivity index (χ4v) is 2.05. The van der Waals surface area contributed by atoms with Gasteiger partial charge in [0.25, 0.3) is 5.91 Å². The summed E-state index contributed by atoms with van der Waals surface area (Å²) in [5.74, 6) is -0.716. The zero-order valence-electron chi connectivity index (χ0n) is 12.7. The summed E-state index contributed by atoms with van der Waals surface area (Å²) in [5, 5.41) is 8.75. The number of hydrogen-bond acceptors (Lipinski definition) is 3. The molecule has 2 aromatic carbocycles. The second-order valence-corrected chi connectivity index (χ2v) is 5.04. The van der Waals surface area contributed by atoms with Crippen molar-refractivity contribution in [1.82, 2.24) is 4.90 Å². The second-order valence-electron chi connectivity index (χ2n) is 5.04. The number of alkyl halides is 3. The Morgan fingerprint density at radius 2 is 1.71 bits per heavy atom. The van der Waals surface area contributed by atoms with Crippen LogP contribution in [0.5, 0.6) is 5.75 Å². The summed E-state index contributed by atoms with van der Waals surface area (Å²) in [4.78, 5) is 13.7. The molecule has 0 N–H and O–H groups in total. The number of rotatable bonds is 4. The maximum Gasteiger partial charge on any atom is 0.573 e. The van der Waals surface area contributed by atoms with E-state index in [-0.39, 0.29) is 17.2 Å². The molecule has 24 heavy (non-hydrogen) atoms. The summed E-state index contributed by atoms with van der Waals surface area (Å²) >= 11 is 0. The Bertz CT molecular complexity index is 747. The average molecular weight is 334 g/mol. The molecule has 0 atom stereocenters. The van der Waals surface area contributed by atoms with Crippen molar-refractivity contribution < 1.29 is 22.7 Å². The van der Waals surface area contributed by atoms with Gasteiger partial charge in [-0.25, -0.2) is 0 Å². The molecule has 0 aliphatic heterocycles. The molecular weight excluding hydrogens is 321 g/mol. The van der Waals surface area contributed by atoms with Gasteiger partial charge in [-0.05, 0) is 42.0 Å². The number of halogens is 3. The third kappa shape index (κ3) is 4.74. The van der Waals surface area contributed by atoms with E-state index < -0.39 is 6.36 Å². The van der Waals surface area contributed by atoms with Crippen LogP contribution in [0.25, 0.3) is 0 Å². The molecule has 0 spiro atoms. The number of amides is 1. The lowest BCUT2D eigenvalue weighted by molar-refractivity contribution is -0.274. The van der Waals surface area contributed by atoms with Crippen LogP contribution in [-0.2, 0) is 6.54 Å². The van der Waals surface area contributed by atoms with E-state index in [4.69, 9.17) is 5.26 Å². The largest absolute Gasteiger partial charge is 0.573 e. The van der Waals surface area contributed by atoms with Crippen LogP contribution in [0.4, 0.5) is 13.2 Å². The van der Waals surface area contributed by atoms with Gasteiger partial charge in [0.1, 0.15) is 5.75 Å². The third-order valence-corrected chi connectivity index (χ3v) is 3.18. The van der Waals surface area contributed by atoms with Gasteiger partial charge in [0.15, 0.2) is 0 Å². The van der Waals surface area contributed by atoms with Crippen molar-refractivity contribution in [1.29, 1.82) is 5.26 Å². The number of nitriles is 1. The molecule has 124 valence electrons. The van der Waals surface area contributed by atoms with E-state index in [1.165, 1.54) is 17.0 Å². The van der Waals surface area contributed by atoms with Gasteiger partial charge in [-0.15, -0.1) is 13.2 Å². The summed E-state index contributed by atoms with van der Waals surface area (Å²) in [6.45, 7) is 0.311. The Morgan fingerprint density at radius 3 is 2.21 bits per heavy atom. The SMILES string of the molecule is CN(Cc1ccc(C#N)cc1)C(=O)c1ccc(OC(F)(F)F)cc1. The van der Waals surface area contributed by atoms with Crippen molar-refractivity contribution in [2.45, 2.75) is 12.9 Å². The van der Waals surface area contributed by atoms with Crippen LogP contribution in [0, 0.1) is 11.3 Å². The first kappa shape index (κ1) is 17.3. The van der Waals surface area contributed by atoms with Crippen LogP contribution in [-0.4, -0.2) is 24.2 Å². The van der Waals surface area contributed by atoms with E-state index >= 15 is 0 Å². The molecule has 0 bridgehead atoms. The van der Waals surface area contributed by atoms with Gasteiger partial charge in [-0.1, -0.05) is 12.1 Å². The maximum atomic E-state index is 12.3. The van der Waals surface area contributed by atoms with Gasteiger partial charge in [0.2, 0.25) is 0 Å². The van der Waals surface area contributed by atoms with Crippen LogP contribution in [0.1, 0.15) is 21.5 Å². The number of hydrogen-bond donors (Lipinski definition) is 0. The van der Waals surface area contributed by atoms with Crippen LogP contribution in [0.2, 0.25) is 0 Å². The minimum absolute atomic E-state index is 0.251.